The van der Waals surface area contributed by atoms with Crippen molar-refractivity contribution in [3.63, 3.8) is 0 Å². The summed E-state index contributed by atoms with van der Waals surface area (Å²) in [6.07, 6.45) is -7.09. The molecule has 0 saturated heterocycles. The van der Waals surface area contributed by atoms with Gasteiger partial charge in [0.05, 0.1) is 6.10 Å². The van der Waals surface area contributed by atoms with E-state index in [1.807, 2.05) is 0 Å². The Labute approximate surface area is 95.7 Å². The molecule has 2 unspecified atom stereocenters. The maximum absolute atomic E-state index is 12.1. The summed E-state index contributed by atoms with van der Waals surface area (Å²) in [4.78, 5) is 3.21. The number of aliphatic hydroxyl groups excluding tert-OH is 2. The van der Waals surface area contributed by atoms with Crippen LogP contribution in [0.1, 0.15) is 16.8 Å². The summed E-state index contributed by atoms with van der Waals surface area (Å²) in [5.74, 6) is 0. The molecule has 8 heteroatoms. The van der Waals surface area contributed by atoms with Crippen LogP contribution in [-0.2, 0) is 6.18 Å². The van der Waals surface area contributed by atoms with Gasteiger partial charge in [-0.25, -0.2) is 4.98 Å². The number of halogens is 4. The second kappa shape index (κ2) is 4.77. The molecule has 0 aliphatic carbocycles. The van der Waals surface area contributed by atoms with Gasteiger partial charge in [0, 0.05) is 10.7 Å². The summed E-state index contributed by atoms with van der Waals surface area (Å²) in [6, 6.07) is 0. The molecule has 2 atom stereocenters. The normalized spacial score (nSPS) is 16.4. The van der Waals surface area contributed by atoms with Gasteiger partial charge in [-0.05, 0) is 0 Å². The lowest BCUT2D eigenvalue weighted by atomic mass is 10.2. The molecule has 0 fully saturated rings. The summed E-state index contributed by atoms with van der Waals surface area (Å²) in [6.45, 7) is 0. The summed E-state index contributed by atoms with van der Waals surface area (Å²) >= 11 is 3.57. The Hall–Kier alpha value is -0.180. The predicted molar refractivity (Wildman–Crippen MR) is 51.9 cm³/mol. The van der Waals surface area contributed by atoms with E-state index >= 15 is 0 Å². The van der Waals surface area contributed by atoms with Gasteiger partial charge in [0.15, 0.2) is 5.69 Å². The average Bonchev–Trinajstić information content (AvgIpc) is 2.63. The third-order valence-corrected chi connectivity index (χ3v) is 3.17. The smallest absolute Gasteiger partial charge is 0.389 e. The third-order valence-electron chi connectivity index (χ3n) is 1.59. The SMILES string of the molecule is OC(CBr)C(O)c1nc(C(F)(F)F)cs1. The molecule has 0 bridgehead atoms. The highest BCUT2D eigenvalue weighted by Gasteiger charge is 2.35. The highest BCUT2D eigenvalue weighted by Crippen LogP contribution is 2.32. The van der Waals surface area contributed by atoms with Crippen molar-refractivity contribution < 1.29 is 23.4 Å². The Bertz CT molecular complexity index is 330. The van der Waals surface area contributed by atoms with Crippen LogP contribution >= 0.6 is 27.3 Å². The van der Waals surface area contributed by atoms with Crippen LogP contribution < -0.4 is 0 Å². The molecule has 0 spiro atoms. The van der Waals surface area contributed by atoms with Crippen molar-refractivity contribution in [3.8, 4) is 0 Å². The zero-order valence-electron chi connectivity index (χ0n) is 7.20. The van der Waals surface area contributed by atoms with E-state index in [0.717, 1.165) is 5.38 Å². The number of aromatic nitrogens is 1. The molecule has 86 valence electrons. The van der Waals surface area contributed by atoms with E-state index in [9.17, 15) is 23.4 Å². The Morgan fingerprint density at radius 2 is 2.07 bits per heavy atom. The zero-order chi connectivity index (χ0) is 11.6. The maximum atomic E-state index is 12.1. The van der Waals surface area contributed by atoms with Crippen molar-refractivity contribution in [2.75, 3.05) is 5.33 Å². The van der Waals surface area contributed by atoms with Crippen molar-refractivity contribution >= 4 is 27.3 Å². The van der Waals surface area contributed by atoms with Gasteiger partial charge in [-0.1, -0.05) is 15.9 Å². The molecule has 0 radical (unpaired) electrons. The number of rotatable bonds is 3. The second-order valence-corrected chi connectivity index (χ2v) is 4.27. The highest BCUT2D eigenvalue weighted by molar-refractivity contribution is 9.09. The van der Waals surface area contributed by atoms with Crippen LogP contribution in [0.4, 0.5) is 13.2 Å². The molecule has 1 aromatic heterocycles. The first-order valence-corrected chi connectivity index (χ1v) is 5.81. The van der Waals surface area contributed by atoms with Gasteiger partial charge in [-0.15, -0.1) is 11.3 Å². The fourth-order valence-corrected chi connectivity index (χ4v) is 2.02. The quantitative estimate of drug-likeness (QED) is 0.839. The lowest BCUT2D eigenvalue weighted by Crippen LogP contribution is -2.19. The molecule has 3 nitrogen and oxygen atoms in total. The molecule has 0 aliphatic rings. The molecular formula is C7H7BrF3NO2S. The molecule has 0 amide bonds. The van der Waals surface area contributed by atoms with Gasteiger partial charge in [-0.2, -0.15) is 13.2 Å². The van der Waals surface area contributed by atoms with Gasteiger partial charge in [-0.3, -0.25) is 0 Å². The van der Waals surface area contributed by atoms with E-state index in [2.05, 4.69) is 20.9 Å². The van der Waals surface area contributed by atoms with Crippen LogP contribution in [0.5, 0.6) is 0 Å². The molecule has 0 aliphatic heterocycles. The number of hydrogen-bond donors (Lipinski definition) is 2. The maximum Gasteiger partial charge on any atom is 0.434 e. The van der Waals surface area contributed by atoms with Crippen molar-refractivity contribution in [2.45, 2.75) is 18.4 Å². The largest absolute Gasteiger partial charge is 0.434 e. The fraction of sp³-hybridized carbons (Fsp3) is 0.571. The van der Waals surface area contributed by atoms with E-state index in [-0.39, 0.29) is 10.3 Å². The molecule has 0 saturated carbocycles. The molecule has 1 rings (SSSR count). The summed E-state index contributed by atoms with van der Waals surface area (Å²) < 4.78 is 36.4. The van der Waals surface area contributed by atoms with Crippen molar-refractivity contribution in [2.24, 2.45) is 0 Å². The van der Waals surface area contributed by atoms with E-state index in [1.54, 1.807) is 0 Å². The zero-order valence-corrected chi connectivity index (χ0v) is 9.60. The van der Waals surface area contributed by atoms with Gasteiger partial charge >= 0.3 is 6.18 Å². The van der Waals surface area contributed by atoms with Crippen molar-refractivity contribution in [3.05, 3.63) is 16.1 Å². The Morgan fingerprint density at radius 1 is 1.47 bits per heavy atom. The van der Waals surface area contributed by atoms with Crippen LogP contribution in [0, 0.1) is 0 Å². The van der Waals surface area contributed by atoms with E-state index in [4.69, 9.17) is 0 Å². The van der Waals surface area contributed by atoms with Gasteiger partial charge in [0.2, 0.25) is 0 Å². The first-order valence-electron chi connectivity index (χ1n) is 3.81. The standard InChI is InChI=1S/C7H7BrF3NO2S/c8-1-3(13)5(14)6-12-4(2-15-6)7(9,10)11/h2-3,5,13-14H,1H2. The summed E-state index contributed by atoms with van der Waals surface area (Å²) in [5.41, 5.74) is -1.05. The minimum Gasteiger partial charge on any atom is -0.389 e. The molecular weight excluding hydrogens is 299 g/mol. The van der Waals surface area contributed by atoms with Gasteiger partial charge in [0.1, 0.15) is 11.1 Å². The number of thiazole rings is 1. The van der Waals surface area contributed by atoms with Crippen molar-refractivity contribution in [1.82, 2.24) is 4.98 Å². The summed E-state index contributed by atoms with van der Waals surface area (Å²) in [5, 5.41) is 19.3. The summed E-state index contributed by atoms with van der Waals surface area (Å²) in [7, 11) is 0. The number of alkyl halides is 4. The predicted octanol–water partition coefficient (Wildman–Crippen LogP) is 1.95. The molecule has 1 heterocycles. The van der Waals surface area contributed by atoms with Crippen LogP contribution in [-0.4, -0.2) is 26.6 Å². The van der Waals surface area contributed by atoms with Crippen molar-refractivity contribution in [1.29, 1.82) is 0 Å². The molecule has 2 N–H and O–H groups in total. The lowest BCUT2D eigenvalue weighted by molar-refractivity contribution is -0.141. The van der Waals surface area contributed by atoms with Crippen LogP contribution in [0.15, 0.2) is 5.38 Å². The lowest BCUT2D eigenvalue weighted by Gasteiger charge is -2.12. The van der Waals surface area contributed by atoms with Gasteiger partial charge < -0.3 is 10.2 Å². The van der Waals surface area contributed by atoms with Gasteiger partial charge in [0.25, 0.3) is 0 Å². The average molecular weight is 306 g/mol. The molecule has 0 aromatic carbocycles. The van der Waals surface area contributed by atoms with E-state index in [1.165, 1.54) is 0 Å². The van der Waals surface area contributed by atoms with E-state index in [0.29, 0.717) is 11.3 Å². The Balaban J connectivity index is 2.85. The minimum absolute atomic E-state index is 0.0646. The second-order valence-electron chi connectivity index (χ2n) is 2.74. The highest BCUT2D eigenvalue weighted by atomic mass is 79.9. The first kappa shape index (κ1) is 12.9. The first-order chi connectivity index (χ1) is 6.86. The topological polar surface area (TPSA) is 53.4 Å². The fourth-order valence-electron chi connectivity index (χ4n) is 0.803. The number of aliphatic hydroxyl groups is 2. The Morgan fingerprint density at radius 3 is 2.47 bits per heavy atom. The molecule has 15 heavy (non-hydrogen) atoms. The Kier molecular flexibility index (Phi) is 4.10. The van der Waals surface area contributed by atoms with E-state index < -0.39 is 24.1 Å². The minimum atomic E-state index is -4.52. The third kappa shape index (κ3) is 3.13. The van der Waals surface area contributed by atoms with Crippen LogP contribution in [0.3, 0.4) is 0 Å². The molecule has 1 aromatic rings. The van der Waals surface area contributed by atoms with Crippen LogP contribution in [0.2, 0.25) is 0 Å². The van der Waals surface area contributed by atoms with Crippen LogP contribution in [0.25, 0.3) is 0 Å². The number of nitrogens with zero attached hydrogens (tertiary/aromatic N) is 1. The number of hydrogen-bond acceptors (Lipinski definition) is 4. The monoisotopic (exact) mass is 305 g/mol.